The zero-order chi connectivity index (χ0) is 14.7. The third-order valence-corrected chi connectivity index (χ3v) is 4.46. The Morgan fingerprint density at radius 3 is 2.55 bits per heavy atom. The van der Waals surface area contributed by atoms with Gasteiger partial charge in [-0.3, -0.25) is 0 Å². The molecular weight excluding hydrogens is 268 g/mol. The number of hydrogen-bond acceptors (Lipinski definition) is 2. The second kappa shape index (κ2) is 6.75. The lowest BCUT2D eigenvalue weighted by molar-refractivity contribution is 0.317. The van der Waals surface area contributed by atoms with Crippen LogP contribution in [0.4, 0.5) is 0 Å². The Bertz CT molecular complexity index is 453. The second-order valence-corrected chi connectivity index (χ2v) is 6.58. The number of nitrogens with two attached hydrogens (primary N) is 1. The van der Waals surface area contributed by atoms with E-state index in [1.165, 1.54) is 11.1 Å². The van der Waals surface area contributed by atoms with E-state index in [0.717, 1.165) is 31.1 Å². The molecule has 1 fully saturated rings. The Morgan fingerprint density at radius 2 is 2.05 bits per heavy atom. The number of hydrogen-bond donors (Lipinski definition) is 1. The molecule has 1 aromatic rings. The lowest BCUT2D eigenvalue weighted by Gasteiger charge is -2.28. The van der Waals surface area contributed by atoms with Crippen LogP contribution in [0.3, 0.4) is 0 Å². The maximum atomic E-state index is 6.01. The maximum absolute atomic E-state index is 6.01. The van der Waals surface area contributed by atoms with E-state index in [1.54, 1.807) is 0 Å². The number of likely N-dealkylation sites (tertiary alicyclic amines) is 1. The van der Waals surface area contributed by atoms with E-state index in [2.05, 4.69) is 37.5 Å². The van der Waals surface area contributed by atoms with Crippen LogP contribution in [0.2, 0.25) is 5.02 Å². The van der Waals surface area contributed by atoms with E-state index in [0.29, 0.717) is 17.9 Å². The van der Waals surface area contributed by atoms with Crippen molar-refractivity contribution < 1.29 is 0 Å². The SMILES string of the molecule is C=C(C(C)C)[C@@H](CN1CC[C@@H](N)C1)c1ccc(Cl)cc1. The summed E-state index contributed by atoms with van der Waals surface area (Å²) in [5, 5.41) is 0.783. The molecule has 2 rings (SSSR count). The highest BCUT2D eigenvalue weighted by Gasteiger charge is 2.25. The van der Waals surface area contributed by atoms with Gasteiger partial charge in [-0.25, -0.2) is 0 Å². The Morgan fingerprint density at radius 1 is 1.40 bits per heavy atom. The zero-order valence-electron chi connectivity index (χ0n) is 12.5. The van der Waals surface area contributed by atoms with Crippen LogP contribution in [-0.4, -0.2) is 30.6 Å². The molecule has 0 radical (unpaired) electrons. The predicted molar refractivity (Wildman–Crippen MR) is 87.2 cm³/mol. The van der Waals surface area contributed by atoms with Crippen LogP contribution in [0.25, 0.3) is 0 Å². The standard InChI is InChI=1S/C17H25ClN2/c1-12(2)13(3)17(11-20-9-8-16(19)10-20)14-4-6-15(18)7-5-14/h4-7,12,16-17H,3,8-11,19H2,1-2H3/t16-,17-/m1/s1. The summed E-state index contributed by atoms with van der Waals surface area (Å²) >= 11 is 6.00. The maximum Gasteiger partial charge on any atom is 0.0406 e. The topological polar surface area (TPSA) is 29.3 Å². The molecule has 1 aromatic carbocycles. The molecule has 0 unspecified atom stereocenters. The normalized spacial score (nSPS) is 21.4. The molecule has 0 aromatic heterocycles. The van der Waals surface area contributed by atoms with Crippen molar-refractivity contribution in [3.05, 3.63) is 47.0 Å². The van der Waals surface area contributed by atoms with Crippen LogP contribution in [0.5, 0.6) is 0 Å². The van der Waals surface area contributed by atoms with Gasteiger partial charge in [0, 0.05) is 30.1 Å². The zero-order valence-corrected chi connectivity index (χ0v) is 13.2. The largest absolute Gasteiger partial charge is 0.326 e. The lowest BCUT2D eigenvalue weighted by Crippen LogP contribution is -2.31. The highest BCUT2D eigenvalue weighted by atomic mass is 35.5. The highest BCUT2D eigenvalue weighted by molar-refractivity contribution is 6.30. The minimum absolute atomic E-state index is 0.327. The molecule has 1 saturated heterocycles. The number of benzene rings is 1. The third-order valence-electron chi connectivity index (χ3n) is 4.21. The van der Waals surface area contributed by atoms with Crippen molar-refractivity contribution in [3.63, 3.8) is 0 Å². The third kappa shape index (κ3) is 3.85. The van der Waals surface area contributed by atoms with Gasteiger partial charge in [0.1, 0.15) is 0 Å². The van der Waals surface area contributed by atoms with E-state index in [9.17, 15) is 0 Å². The summed E-state index contributed by atoms with van der Waals surface area (Å²) in [7, 11) is 0. The summed E-state index contributed by atoms with van der Waals surface area (Å²) in [6.45, 7) is 11.8. The van der Waals surface area contributed by atoms with Crippen molar-refractivity contribution in [2.24, 2.45) is 11.7 Å². The van der Waals surface area contributed by atoms with Crippen LogP contribution in [-0.2, 0) is 0 Å². The number of rotatable bonds is 5. The van der Waals surface area contributed by atoms with Crippen LogP contribution in [0.15, 0.2) is 36.4 Å². The smallest absolute Gasteiger partial charge is 0.0406 e. The molecule has 2 atom stereocenters. The Hall–Kier alpha value is -0.830. The molecule has 2 nitrogen and oxygen atoms in total. The summed E-state index contributed by atoms with van der Waals surface area (Å²) in [5.41, 5.74) is 8.60. The van der Waals surface area contributed by atoms with Gasteiger partial charge >= 0.3 is 0 Å². The molecule has 0 amide bonds. The first-order chi connectivity index (χ1) is 9.47. The summed E-state index contributed by atoms with van der Waals surface area (Å²) in [6, 6.07) is 8.50. The molecule has 0 bridgehead atoms. The van der Waals surface area contributed by atoms with E-state index in [-0.39, 0.29) is 0 Å². The molecule has 20 heavy (non-hydrogen) atoms. The number of nitrogens with zero attached hydrogens (tertiary/aromatic N) is 1. The Labute approximate surface area is 127 Å². The highest BCUT2D eigenvalue weighted by Crippen LogP contribution is 2.31. The van der Waals surface area contributed by atoms with Gasteiger partial charge < -0.3 is 10.6 Å². The summed E-state index contributed by atoms with van der Waals surface area (Å²) in [4.78, 5) is 2.46. The van der Waals surface area contributed by atoms with Gasteiger partial charge in [0.2, 0.25) is 0 Å². The van der Waals surface area contributed by atoms with Crippen molar-refractivity contribution in [2.75, 3.05) is 19.6 Å². The number of halogens is 1. The summed E-state index contributed by atoms with van der Waals surface area (Å²) in [6.07, 6.45) is 1.10. The average molecular weight is 293 g/mol. The molecule has 1 heterocycles. The fourth-order valence-corrected chi connectivity index (χ4v) is 2.95. The predicted octanol–water partition coefficient (Wildman–Crippen LogP) is 3.67. The molecule has 0 aliphatic carbocycles. The Balaban J connectivity index is 2.16. The summed E-state index contributed by atoms with van der Waals surface area (Å²) < 4.78 is 0. The van der Waals surface area contributed by atoms with Crippen LogP contribution < -0.4 is 5.73 Å². The van der Waals surface area contributed by atoms with Gasteiger partial charge in [-0.1, -0.05) is 49.7 Å². The van der Waals surface area contributed by atoms with Crippen LogP contribution >= 0.6 is 11.6 Å². The van der Waals surface area contributed by atoms with Gasteiger partial charge in [0.05, 0.1) is 0 Å². The summed E-state index contributed by atoms with van der Waals surface area (Å²) in [5.74, 6) is 0.838. The first-order valence-electron chi connectivity index (χ1n) is 7.39. The average Bonchev–Trinajstić information content (AvgIpc) is 2.82. The molecule has 110 valence electrons. The first-order valence-corrected chi connectivity index (χ1v) is 7.77. The van der Waals surface area contributed by atoms with Gasteiger partial charge in [-0.15, -0.1) is 0 Å². The van der Waals surface area contributed by atoms with Crippen molar-refractivity contribution in [1.29, 1.82) is 0 Å². The van der Waals surface area contributed by atoms with Crippen molar-refractivity contribution in [2.45, 2.75) is 32.2 Å². The molecule has 0 saturated carbocycles. The lowest BCUT2D eigenvalue weighted by atomic mass is 9.85. The Kier molecular flexibility index (Phi) is 5.25. The second-order valence-electron chi connectivity index (χ2n) is 6.14. The molecule has 1 aliphatic heterocycles. The van der Waals surface area contributed by atoms with Crippen molar-refractivity contribution >= 4 is 11.6 Å². The van der Waals surface area contributed by atoms with E-state index in [1.807, 2.05) is 12.1 Å². The molecule has 1 aliphatic rings. The van der Waals surface area contributed by atoms with E-state index < -0.39 is 0 Å². The fourth-order valence-electron chi connectivity index (χ4n) is 2.82. The first kappa shape index (κ1) is 15.6. The molecular formula is C17H25ClN2. The van der Waals surface area contributed by atoms with Crippen molar-refractivity contribution in [3.8, 4) is 0 Å². The minimum atomic E-state index is 0.327. The monoisotopic (exact) mass is 292 g/mol. The van der Waals surface area contributed by atoms with E-state index >= 15 is 0 Å². The van der Waals surface area contributed by atoms with Gasteiger partial charge in [0.15, 0.2) is 0 Å². The van der Waals surface area contributed by atoms with E-state index in [4.69, 9.17) is 17.3 Å². The van der Waals surface area contributed by atoms with Gasteiger partial charge in [-0.05, 0) is 36.6 Å². The van der Waals surface area contributed by atoms with Crippen molar-refractivity contribution in [1.82, 2.24) is 4.90 Å². The fraction of sp³-hybridized carbons (Fsp3) is 0.529. The molecule has 2 N–H and O–H groups in total. The molecule has 3 heteroatoms. The van der Waals surface area contributed by atoms with Crippen LogP contribution in [0, 0.1) is 5.92 Å². The minimum Gasteiger partial charge on any atom is -0.326 e. The van der Waals surface area contributed by atoms with Gasteiger partial charge in [0.25, 0.3) is 0 Å². The van der Waals surface area contributed by atoms with Crippen LogP contribution in [0.1, 0.15) is 31.7 Å². The quantitative estimate of drug-likeness (QED) is 0.839. The van der Waals surface area contributed by atoms with Gasteiger partial charge in [-0.2, -0.15) is 0 Å². The molecule has 0 spiro atoms.